The summed E-state index contributed by atoms with van der Waals surface area (Å²) in [5.41, 5.74) is 2.86. The van der Waals surface area contributed by atoms with E-state index in [-0.39, 0.29) is 10.8 Å². The number of hydrogen-bond acceptors (Lipinski definition) is 2. The second-order valence-corrected chi connectivity index (χ2v) is 7.75. The van der Waals surface area contributed by atoms with E-state index < -0.39 is 0 Å². The molecule has 0 heterocycles. The smallest absolute Gasteiger partial charge is 0.123 e. The summed E-state index contributed by atoms with van der Waals surface area (Å²) in [6, 6.07) is 7.13. The van der Waals surface area contributed by atoms with Gasteiger partial charge in [-0.3, -0.25) is 0 Å². The zero-order chi connectivity index (χ0) is 15.1. The molecule has 112 valence electrons. The van der Waals surface area contributed by atoms with Crippen LogP contribution in [0.15, 0.2) is 18.2 Å². The van der Waals surface area contributed by atoms with Crippen molar-refractivity contribution in [1.82, 2.24) is 5.32 Å². The van der Waals surface area contributed by atoms with Crippen LogP contribution in [0.3, 0.4) is 0 Å². The van der Waals surface area contributed by atoms with Crippen LogP contribution in [0.4, 0.5) is 0 Å². The second kappa shape index (κ2) is 5.07. The summed E-state index contributed by atoms with van der Waals surface area (Å²) < 4.78 is 6.40. The highest BCUT2D eigenvalue weighted by atomic mass is 16.5. The van der Waals surface area contributed by atoms with Gasteiger partial charge in [0.1, 0.15) is 11.9 Å². The van der Waals surface area contributed by atoms with Gasteiger partial charge >= 0.3 is 0 Å². The van der Waals surface area contributed by atoms with E-state index in [0.717, 1.165) is 12.2 Å². The van der Waals surface area contributed by atoms with Gasteiger partial charge in [0.25, 0.3) is 0 Å². The first-order valence-corrected chi connectivity index (χ1v) is 7.61. The average Bonchev–Trinajstić information content (AvgIpc) is 2.32. The van der Waals surface area contributed by atoms with Crippen molar-refractivity contribution in [3.63, 3.8) is 0 Å². The lowest BCUT2D eigenvalue weighted by molar-refractivity contribution is -0.0528. The molecule has 2 rings (SSSR count). The monoisotopic (exact) mass is 275 g/mol. The third-order valence-electron chi connectivity index (χ3n) is 4.74. The SMILES string of the molecule is CNC1CC(Oc2cc(C)ccc2C(C)(C)C)C1(C)C. The molecular formula is C18H29NO. The lowest BCUT2D eigenvalue weighted by atomic mass is 9.64. The Labute approximate surface area is 123 Å². The number of nitrogens with one attached hydrogen (secondary N) is 1. The first-order chi connectivity index (χ1) is 9.16. The molecule has 1 aliphatic rings. The summed E-state index contributed by atoms with van der Waals surface area (Å²) in [7, 11) is 2.04. The van der Waals surface area contributed by atoms with Crippen LogP contribution in [0.2, 0.25) is 0 Å². The summed E-state index contributed by atoms with van der Waals surface area (Å²) in [6.07, 6.45) is 1.38. The normalized spacial score (nSPS) is 25.1. The maximum Gasteiger partial charge on any atom is 0.123 e. The van der Waals surface area contributed by atoms with Gasteiger partial charge in [-0.1, -0.05) is 46.8 Å². The second-order valence-electron chi connectivity index (χ2n) is 7.75. The Morgan fingerprint density at radius 3 is 2.40 bits per heavy atom. The molecule has 20 heavy (non-hydrogen) atoms. The molecule has 2 unspecified atom stereocenters. The molecule has 0 aliphatic heterocycles. The predicted molar refractivity (Wildman–Crippen MR) is 85.5 cm³/mol. The fourth-order valence-corrected chi connectivity index (χ4v) is 3.08. The lowest BCUT2D eigenvalue weighted by Gasteiger charge is -2.51. The van der Waals surface area contributed by atoms with Crippen molar-refractivity contribution >= 4 is 0 Å². The van der Waals surface area contributed by atoms with Crippen molar-refractivity contribution in [2.45, 2.75) is 65.5 Å². The maximum atomic E-state index is 6.40. The van der Waals surface area contributed by atoms with Gasteiger partial charge in [-0.2, -0.15) is 0 Å². The van der Waals surface area contributed by atoms with Gasteiger partial charge in [0.05, 0.1) is 0 Å². The minimum Gasteiger partial charge on any atom is -0.489 e. The standard InChI is InChI=1S/C18H29NO/c1-12-8-9-13(17(2,3)4)14(10-12)20-16-11-15(19-7)18(16,5)6/h8-10,15-16,19H,11H2,1-7H3. The van der Waals surface area contributed by atoms with Gasteiger partial charge < -0.3 is 10.1 Å². The number of rotatable bonds is 3. The van der Waals surface area contributed by atoms with E-state index in [2.05, 4.69) is 65.1 Å². The molecule has 1 saturated carbocycles. The van der Waals surface area contributed by atoms with Crippen LogP contribution in [0.5, 0.6) is 5.75 Å². The van der Waals surface area contributed by atoms with E-state index in [1.54, 1.807) is 0 Å². The van der Waals surface area contributed by atoms with Crippen LogP contribution >= 0.6 is 0 Å². The molecule has 0 amide bonds. The molecule has 0 aromatic heterocycles. The lowest BCUT2D eigenvalue weighted by Crippen LogP contribution is -2.61. The molecule has 1 aromatic carbocycles. The van der Waals surface area contributed by atoms with Gasteiger partial charge in [-0.25, -0.2) is 0 Å². The fraction of sp³-hybridized carbons (Fsp3) is 0.667. The van der Waals surface area contributed by atoms with Gasteiger partial charge in [-0.05, 0) is 36.6 Å². The van der Waals surface area contributed by atoms with Gasteiger partial charge in [0.15, 0.2) is 0 Å². The van der Waals surface area contributed by atoms with E-state index >= 15 is 0 Å². The van der Waals surface area contributed by atoms with Crippen molar-refractivity contribution in [3.05, 3.63) is 29.3 Å². The van der Waals surface area contributed by atoms with Crippen LogP contribution in [0.25, 0.3) is 0 Å². The van der Waals surface area contributed by atoms with E-state index in [1.807, 2.05) is 7.05 Å². The summed E-state index contributed by atoms with van der Waals surface area (Å²) in [6.45, 7) is 13.4. The highest BCUT2D eigenvalue weighted by Gasteiger charge is 2.49. The highest BCUT2D eigenvalue weighted by molar-refractivity contribution is 5.41. The zero-order valence-corrected chi connectivity index (χ0v) is 14.0. The minimum atomic E-state index is 0.110. The van der Waals surface area contributed by atoms with E-state index in [4.69, 9.17) is 4.74 Å². The third kappa shape index (κ3) is 2.71. The Kier molecular flexibility index (Phi) is 3.90. The van der Waals surface area contributed by atoms with Crippen molar-refractivity contribution in [2.75, 3.05) is 7.05 Å². The fourth-order valence-electron chi connectivity index (χ4n) is 3.08. The highest BCUT2D eigenvalue weighted by Crippen LogP contribution is 2.44. The summed E-state index contributed by atoms with van der Waals surface area (Å²) in [4.78, 5) is 0. The van der Waals surface area contributed by atoms with Gasteiger partial charge in [0.2, 0.25) is 0 Å². The largest absolute Gasteiger partial charge is 0.489 e. The van der Waals surface area contributed by atoms with Crippen molar-refractivity contribution in [2.24, 2.45) is 5.41 Å². The molecule has 0 saturated heterocycles. The topological polar surface area (TPSA) is 21.3 Å². The van der Waals surface area contributed by atoms with Crippen LogP contribution in [0.1, 0.15) is 52.2 Å². The van der Waals surface area contributed by atoms with Gasteiger partial charge in [0, 0.05) is 17.9 Å². The zero-order valence-electron chi connectivity index (χ0n) is 14.0. The van der Waals surface area contributed by atoms with Gasteiger partial charge in [-0.15, -0.1) is 0 Å². The third-order valence-corrected chi connectivity index (χ3v) is 4.74. The summed E-state index contributed by atoms with van der Waals surface area (Å²) in [5, 5.41) is 3.38. The van der Waals surface area contributed by atoms with E-state index in [9.17, 15) is 0 Å². The van der Waals surface area contributed by atoms with Crippen LogP contribution < -0.4 is 10.1 Å². The number of hydrogen-bond donors (Lipinski definition) is 1. The summed E-state index contributed by atoms with van der Waals surface area (Å²) in [5.74, 6) is 1.06. The first-order valence-electron chi connectivity index (χ1n) is 7.61. The molecule has 1 aliphatic carbocycles. The molecule has 2 heteroatoms. The molecule has 0 radical (unpaired) electrons. The Morgan fingerprint density at radius 1 is 1.25 bits per heavy atom. The number of benzene rings is 1. The van der Waals surface area contributed by atoms with Crippen molar-refractivity contribution < 1.29 is 4.74 Å². The summed E-state index contributed by atoms with van der Waals surface area (Å²) >= 11 is 0. The Bertz CT molecular complexity index is 485. The molecular weight excluding hydrogens is 246 g/mol. The predicted octanol–water partition coefficient (Wildman–Crippen LogP) is 4.06. The Balaban J connectivity index is 2.24. The molecule has 1 fully saturated rings. The molecule has 1 aromatic rings. The van der Waals surface area contributed by atoms with Crippen LogP contribution in [-0.2, 0) is 5.41 Å². The molecule has 2 nitrogen and oxygen atoms in total. The molecule has 1 N–H and O–H groups in total. The van der Waals surface area contributed by atoms with Crippen LogP contribution in [-0.4, -0.2) is 19.2 Å². The van der Waals surface area contributed by atoms with E-state index in [1.165, 1.54) is 11.1 Å². The van der Waals surface area contributed by atoms with Crippen molar-refractivity contribution in [3.8, 4) is 5.75 Å². The Morgan fingerprint density at radius 2 is 1.90 bits per heavy atom. The average molecular weight is 275 g/mol. The van der Waals surface area contributed by atoms with Crippen LogP contribution in [0, 0.1) is 12.3 Å². The molecule has 2 atom stereocenters. The molecule has 0 spiro atoms. The minimum absolute atomic E-state index is 0.110. The molecule has 0 bridgehead atoms. The quantitative estimate of drug-likeness (QED) is 0.898. The van der Waals surface area contributed by atoms with E-state index in [0.29, 0.717) is 12.1 Å². The first kappa shape index (κ1) is 15.4. The number of aryl methyl sites for hydroxylation is 1. The maximum absolute atomic E-state index is 6.40. The van der Waals surface area contributed by atoms with Crippen molar-refractivity contribution in [1.29, 1.82) is 0 Å². The Hall–Kier alpha value is -1.02. The number of ether oxygens (including phenoxy) is 1.